The Hall–Kier alpha value is -1.66. The number of carbonyl (C=O) groups excluding carboxylic acids is 2. The third-order valence-corrected chi connectivity index (χ3v) is 17.0. The molecule has 468 valence electrons. The minimum Gasteiger partial charge on any atom is -0.466 e. The van der Waals surface area contributed by atoms with E-state index in [0.717, 1.165) is 44.9 Å². The molecule has 2 unspecified atom stereocenters. The number of carbonyl (C=O) groups is 2. The largest absolute Gasteiger partial charge is 0.466 e. The lowest BCUT2D eigenvalue weighted by molar-refractivity contribution is -0.143. The van der Waals surface area contributed by atoms with Crippen LogP contribution in [0.15, 0.2) is 24.3 Å². The average Bonchev–Trinajstić information content (AvgIpc) is 3.45. The number of esters is 1. The summed E-state index contributed by atoms with van der Waals surface area (Å²) in [5.41, 5.74) is 0. The summed E-state index contributed by atoms with van der Waals surface area (Å²) in [4.78, 5) is 24.6. The second-order valence-electron chi connectivity index (χ2n) is 24.9. The van der Waals surface area contributed by atoms with Crippen molar-refractivity contribution in [3.05, 3.63) is 24.3 Å². The van der Waals surface area contributed by atoms with Crippen molar-refractivity contribution in [1.82, 2.24) is 5.32 Å². The Labute approximate surface area is 494 Å². The van der Waals surface area contributed by atoms with Crippen LogP contribution in [0.1, 0.15) is 406 Å². The first kappa shape index (κ1) is 77.3. The third-order valence-electron chi connectivity index (χ3n) is 17.0. The van der Waals surface area contributed by atoms with Gasteiger partial charge in [-0.25, -0.2) is 0 Å². The quantitative estimate of drug-likeness (QED) is 0.0320. The zero-order valence-corrected chi connectivity index (χ0v) is 53.6. The molecule has 0 aromatic heterocycles. The maximum Gasteiger partial charge on any atom is 0.305 e. The topological polar surface area (TPSA) is 95.9 Å². The van der Waals surface area contributed by atoms with Gasteiger partial charge in [0, 0.05) is 12.8 Å². The highest BCUT2D eigenvalue weighted by Gasteiger charge is 2.20. The summed E-state index contributed by atoms with van der Waals surface area (Å²) in [5.74, 6) is -0.0179. The first-order valence-corrected chi connectivity index (χ1v) is 36.1. The summed E-state index contributed by atoms with van der Waals surface area (Å²) in [6, 6.07) is -0.538. The number of amides is 1. The molecule has 0 aliphatic carbocycles. The maximum atomic E-state index is 12.5. The van der Waals surface area contributed by atoms with Gasteiger partial charge in [0.05, 0.1) is 25.4 Å². The third kappa shape index (κ3) is 65.4. The molecule has 0 rings (SSSR count). The summed E-state index contributed by atoms with van der Waals surface area (Å²) < 4.78 is 5.49. The molecule has 0 aliphatic heterocycles. The fraction of sp³-hybridized carbons (Fsp3) is 0.918. The van der Waals surface area contributed by atoms with E-state index in [-0.39, 0.29) is 18.5 Å². The van der Waals surface area contributed by atoms with Crippen molar-refractivity contribution in [2.24, 2.45) is 0 Å². The van der Waals surface area contributed by atoms with E-state index in [1.54, 1.807) is 0 Å². The molecule has 0 radical (unpaired) electrons. The van der Waals surface area contributed by atoms with Gasteiger partial charge in [-0.1, -0.05) is 340 Å². The maximum absolute atomic E-state index is 12.5. The van der Waals surface area contributed by atoms with Crippen molar-refractivity contribution < 1.29 is 24.5 Å². The van der Waals surface area contributed by atoms with Gasteiger partial charge >= 0.3 is 5.97 Å². The zero-order valence-electron chi connectivity index (χ0n) is 53.6. The molecule has 79 heavy (non-hydrogen) atoms. The number of hydrogen-bond acceptors (Lipinski definition) is 5. The number of rotatable bonds is 68. The molecule has 6 nitrogen and oxygen atoms in total. The lowest BCUT2D eigenvalue weighted by Gasteiger charge is -2.22. The standard InChI is InChI=1S/C73H141NO5/c1-3-5-7-9-11-13-15-17-38-43-47-51-55-59-63-67-73(78)79-68-64-60-56-52-48-44-40-37-35-33-31-29-27-25-23-21-19-20-22-24-26-28-30-32-34-36-39-42-46-50-54-58-62-66-72(77)74-70(69-75)71(76)65-61-57-53-49-45-41-18-16-14-12-10-8-6-4-2/h17,23,25,38,70-71,75-76H,3-16,18-22,24,26-37,39-69H2,1-2H3,(H,74,77)/b25-23-,38-17-. The fourth-order valence-electron chi connectivity index (χ4n) is 11.5. The second kappa shape index (κ2) is 68.8. The predicted octanol–water partition coefficient (Wildman–Crippen LogP) is 23.3. The Balaban J connectivity index is 3.33. The van der Waals surface area contributed by atoms with Gasteiger partial charge in [0.2, 0.25) is 5.91 Å². The van der Waals surface area contributed by atoms with Crippen molar-refractivity contribution in [2.45, 2.75) is 418 Å². The lowest BCUT2D eigenvalue weighted by Crippen LogP contribution is -2.45. The van der Waals surface area contributed by atoms with Crippen LogP contribution in [-0.2, 0) is 14.3 Å². The Morgan fingerprint density at radius 2 is 0.595 bits per heavy atom. The van der Waals surface area contributed by atoms with Gasteiger partial charge in [-0.2, -0.15) is 0 Å². The molecule has 0 aromatic rings. The highest BCUT2D eigenvalue weighted by Crippen LogP contribution is 2.19. The number of allylic oxidation sites excluding steroid dienone is 4. The van der Waals surface area contributed by atoms with Crippen molar-refractivity contribution in [2.75, 3.05) is 13.2 Å². The van der Waals surface area contributed by atoms with Gasteiger partial charge in [0.25, 0.3) is 0 Å². The Morgan fingerprint density at radius 3 is 0.899 bits per heavy atom. The average molecular weight is 1110 g/mol. The molecule has 0 aromatic carbocycles. The van der Waals surface area contributed by atoms with Gasteiger partial charge < -0.3 is 20.3 Å². The van der Waals surface area contributed by atoms with Crippen molar-refractivity contribution in [3.8, 4) is 0 Å². The number of unbranched alkanes of at least 4 members (excludes halogenated alkanes) is 53. The van der Waals surface area contributed by atoms with Crippen molar-refractivity contribution in [1.29, 1.82) is 0 Å². The number of ether oxygens (including phenoxy) is 1. The second-order valence-corrected chi connectivity index (χ2v) is 24.9. The van der Waals surface area contributed by atoms with E-state index in [1.165, 1.54) is 327 Å². The van der Waals surface area contributed by atoms with Crippen LogP contribution >= 0.6 is 0 Å². The number of aliphatic hydroxyl groups excluding tert-OH is 2. The van der Waals surface area contributed by atoms with Crippen LogP contribution in [0.4, 0.5) is 0 Å². The van der Waals surface area contributed by atoms with Crippen LogP contribution in [-0.4, -0.2) is 47.4 Å². The van der Waals surface area contributed by atoms with E-state index < -0.39 is 12.1 Å². The molecule has 2 atom stereocenters. The number of nitrogens with one attached hydrogen (secondary N) is 1. The molecule has 3 N–H and O–H groups in total. The predicted molar refractivity (Wildman–Crippen MR) is 347 cm³/mol. The minimum absolute atomic E-state index is 0.0114. The number of aliphatic hydroxyl groups is 2. The molecular weight excluding hydrogens is 971 g/mol. The monoisotopic (exact) mass is 1110 g/mol. The smallest absolute Gasteiger partial charge is 0.305 e. The molecule has 0 saturated heterocycles. The van der Waals surface area contributed by atoms with Crippen molar-refractivity contribution >= 4 is 11.9 Å². The van der Waals surface area contributed by atoms with Gasteiger partial charge in [0.1, 0.15) is 0 Å². The van der Waals surface area contributed by atoms with Crippen LogP contribution in [0.5, 0.6) is 0 Å². The lowest BCUT2D eigenvalue weighted by atomic mass is 10.0. The normalized spacial score (nSPS) is 12.6. The van der Waals surface area contributed by atoms with Crippen LogP contribution < -0.4 is 5.32 Å². The van der Waals surface area contributed by atoms with E-state index in [1.807, 2.05) is 0 Å². The van der Waals surface area contributed by atoms with Crippen LogP contribution in [0.3, 0.4) is 0 Å². The fourth-order valence-corrected chi connectivity index (χ4v) is 11.5. The molecule has 0 heterocycles. The zero-order chi connectivity index (χ0) is 57.1. The van der Waals surface area contributed by atoms with Crippen LogP contribution in [0.25, 0.3) is 0 Å². The van der Waals surface area contributed by atoms with Gasteiger partial charge in [0.15, 0.2) is 0 Å². The van der Waals surface area contributed by atoms with E-state index in [2.05, 4.69) is 43.5 Å². The molecular formula is C73H141NO5. The highest BCUT2D eigenvalue weighted by molar-refractivity contribution is 5.76. The van der Waals surface area contributed by atoms with Crippen LogP contribution in [0.2, 0.25) is 0 Å². The van der Waals surface area contributed by atoms with Gasteiger partial charge in [-0.3, -0.25) is 9.59 Å². The Morgan fingerprint density at radius 1 is 0.342 bits per heavy atom. The summed E-state index contributed by atoms with van der Waals surface area (Å²) in [7, 11) is 0. The highest BCUT2D eigenvalue weighted by atomic mass is 16.5. The summed E-state index contributed by atoms with van der Waals surface area (Å²) in [6.07, 6.45) is 86.7. The van der Waals surface area contributed by atoms with E-state index in [9.17, 15) is 19.8 Å². The van der Waals surface area contributed by atoms with E-state index in [4.69, 9.17) is 4.74 Å². The van der Waals surface area contributed by atoms with E-state index in [0.29, 0.717) is 25.9 Å². The molecule has 0 saturated carbocycles. The first-order valence-electron chi connectivity index (χ1n) is 36.1. The summed E-state index contributed by atoms with van der Waals surface area (Å²) in [5, 5.41) is 23.3. The summed E-state index contributed by atoms with van der Waals surface area (Å²) >= 11 is 0. The van der Waals surface area contributed by atoms with E-state index >= 15 is 0 Å². The van der Waals surface area contributed by atoms with Gasteiger partial charge in [-0.05, 0) is 77.0 Å². The van der Waals surface area contributed by atoms with Gasteiger partial charge in [-0.15, -0.1) is 0 Å². The van der Waals surface area contributed by atoms with Crippen LogP contribution in [0, 0.1) is 0 Å². The molecule has 6 heteroatoms. The number of hydrogen-bond donors (Lipinski definition) is 3. The molecule has 0 bridgehead atoms. The molecule has 1 amide bonds. The molecule has 0 aliphatic rings. The Bertz CT molecular complexity index is 1230. The minimum atomic E-state index is -0.661. The SMILES string of the molecule is CCCCCCCC/C=C\CCCCCCCC(=O)OCCCCCCCCCCCCCC/C=C\CCCCCCCCCCCCCCCCCCCC(=O)NC(CO)C(O)CCCCCCCCCCCCCCCC. The van der Waals surface area contributed by atoms with Crippen molar-refractivity contribution in [3.63, 3.8) is 0 Å². The molecule has 0 fully saturated rings. The Kier molecular flexibility index (Phi) is 67.4. The summed E-state index contributed by atoms with van der Waals surface area (Å²) in [6.45, 7) is 4.98. The first-order chi connectivity index (χ1) is 39.0. The molecule has 0 spiro atoms.